The van der Waals surface area contributed by atoms with Crippen LogP contribution in [-0.2, 0) is 14.8 Å². The van der Waals surface area contributed by atoms with E-state index in [1.807, 2.05) is 49.1 Å². The van der Waals surface area contributed by atoms with Crippen LogP contribution in [0.2, 0.25) is 0 Å². The zero-order valence-electron chi connectivity index (χ0n) is 17.8. The van der Waals surface area contributed by atoms with Crippen molar-refractivity contribution < 1.29 is 13.2 Å². The zero-order valence-corrected chi connectivity index (χ0v) is 18.6. The van der Waals surface area contributed by atoms with E-state index in [-0.39, 0.29) is 12.5 Å². The Morgan fingerprint density at radius 3 is 2.33 bits per heavy atom. The van der Waals surface area contributed by atoms with E-state index in [2.05, 4.69) is 15.3 Å². The van der Waals surface area contributed by atoms with Gasteiger partial charge in [-0.1, -0.05) is 17.7 Å². The van der Waals surface area contributed by atoms with Crippen LogP contribution >= 0.6 is 0 Å². The first-order valence-electron chi connectivity index (χ1n) is 9.75. The zero-order chi connectivity index (χ0) is 21.9. The normalized spacial score (nSPS) is 14.8. The lowest BCUT2D eigenvalue weighted by Crippen LogP contribution is -2.51. The second-order valence-electron chi connectivity index (χ2n) is 7.57. The highest BCUT2D eigenvalue weighted by Crippen LogP contribution is 2.20. The summed E-state index contributed by atoms with van der Waals surface area (Å²) in [5.41, 5.74) is 2.99. The summed E-state index contributed by atoms with van der Waals surface area (Å²) >= 11 is 0. The van der Waals surface area contributed by atoms with E-state index in [4.69, 9.17) is 0 Å². The number of anilines is 3. The van der Waals surface area contributed by atoms with E-state index in [0.717, 1.165) is 27.8 Å². The molecule has 30 heavy (non-hydrogen) atoms. The largest absolute Gasteiger partial charge is 0.340 e. The first kappa shape index (κ1) is 22.0. The number of hydrogen-bond donors (Lipinski definition) is 1. The highest BCUT2D eigenvalue weighted by Gasteiger charge is 2.25. The molecule has 10 heteroatoms. The van der Waals surface area contributed by atoms with Crippen molar-refractivity contribution >= 4 is 33.4 Å². The summed E-state index contributed by atoms with van der Waals surface area (Å²) in [6, 6.07) is 9.97. The number of aromatic nitrogens is 2. The molecule has 2 aromatic rings. The van der Waals surface area contributed by atoms with Crippen molar-refractivity contribution in [2.24, 2.45) is 0 Å². The molecular weight excluding hydrogens is 404 g/mol. The monoisotopic (exact) mass is 432 g/mol. The number of rotatable bonds is 6. The Morgan fingerprint density at radius 1 is 1.10 bits per heavy atom. The molecule has 1 fully saturated rings. The van der Waals surface area contributed by atoms with E-state index in [1.54, 1.807) is 4.90 Å². The van der Waals surface area contributed by atoms with Crippen LogP contribution in [0.4, 0.5) is 17.5 Å². The molecular formula is C20H28N6O3S. The maximum absolute atomic E-state index is 12.4. The van der Waals surface area contributed by atoms with Crippen LogP contribution in [0.1, 0.15) is 11.3 Å². The van der Waals surface area contributed by atoms with Gasteiger partial charge in [-0.25, -0.2) is 13.4 Å². The van der Waals surface area contributed by atoms with Crippen LogP contribution in [-0.4, -0.2) is 79.5 Å². The van der Waals surface area contributed by atoms with Crippen LogP contribution in [0, 0.1) is 13.8 Å². The number of carbonyl (C=O) groups is 1. The fourth-order valence-corrected chi connectivity index (χ4v) is 3.45. The number of aryl methyl sites for hydroxylation is 2. The summed E-state index contributed by atoms with van der Waals surface area (Å²) < 4.78 is 24.1. The van der Waals surface area contributed by atoms with Gasteiger partial charge in [0.1, 0.15) is 5.82 Å². The number of piperazine rings is 1. The Balaban J connectivity index is 1.63. The summed E-state index contributed by atoms with van der Waals surface area (Å²) in [6.45, 7) is 5.98. The molecule has 162 valence electrons. The summed E-state index contributed by atoms with van der Waals surface area (Å²) in [5.74, 6) is 1.13. The molecule has 3 rings (SSSR count). The fraction of sp³-hybridized carbons (Fsp3) is 0.450. The summed E-state index contributed by atoms with van der Waals surface area (Å²) in [7, 11) is -1.97. The van der Waals surface area contributed by atoms with Gasteiger partial charge >= 0.3 is 0 Å². The minimum atomic E-state index is -3.38. The molecule has 0 spiro atoms. The van der Waals surface area contributed by atoms with Crippen molar-refractivity contribution in [2.75, 3.05) is 56.2 Å². The Bertz CT molecular complexity index is 1000. The second-order valence-corrected chi connectivity index (χ2v) is 9.66. The van der Waals surface area contributed by atoms with Crippen molar-refractivity contribution in [3.8, 4) is 0 Å². The number of carbonyl (C=O) groups excluding carboxylic acids is 1. The first-order chi connectivity index (χ1) is 14.1. The summed E-state index contributed by atoms with van der Waals surface area (Å²) in [4.78, 5) is 25.3. The highest BCUT2D eigenvalue weighted by atomic mass is 32.2. The number of benzene rings is 1. The van der Waals surface area contributed by atoms with Gasteiger partial charge in [-0.05, 0) is 26.0 Å². The average Bonchev–Trinajstić information content (AvgIpc) is 2.68. The number of sulfonamides is 1. The van der Waals surface area contributed by atoms with Gasteiger partial charge in [-0.2, -0.15) is 9.29 Å². The van der Waals surface area contributed by atoms with Gasteiger partial charge in [-0.3, -0.25) is 4.79 Å². The minimum absolute atomic E-state index is 0.148. The Hall–Kier alpha value is -2.72. The quantitative estimate of drug-likeness (QED) is 0.736. The molecule has 1 aliphatic rings. The molecule has 0 bridgehead atoms. The maximum atomic E-state index is 12.4. The van der Waals surface area contributed by atoms with Gasteiger partial charge < -0.3 is 15.1 Å². The average molecular weight is 433 g/mol. The van der Waals surface area contributed by atoms with Crippen molar-refractivity contribution in [1.82, 2.24) is 19.2 Å². The molecule has 0 saturated carbocycles. The Morgan fingerprint density at radius 2 is 1.73 bits per heavy atom. The second kappa shape index (κ2) is 8.97. The lowest BCUT2D eigenvalue weighted by atomic mass is 10.2. The number of nitrogens with zero attached hydrogens (tertiary/aromatic N) is 5. The van der Waals surface area contributed by atoms with E-state index in [1.165, 1.54) is 12.6 Å². The van der Waals surface area contributed by atoms with E-state index in [9.17, 15) is 13.2 Å². The number of hydrogen-bond acceptors (Lipinski definition) is 7. The fourth-order valence-electron chi connectivity index (χ4n) is 3.11. The predicted molar refractivity (Wildman–Crippen MR) is 117 cm³/mol. The van der Waals surface area contributed by atoms with Crippen molar-refractivity contribution in [1.29, 1.82) is 0 Å². The topological polar surface area (TPSA) is 98.7 Å². The van der Waals surface area contributed by atoms with E-state index >= 15 is 0 Å². The van der Waals surface area contributed by atoms with Gasteiger partial charge in [-0.15, -0.1) is 0 Å². The third kappa shape index (κ3) is 5.67. The molecule has 0 unspecified atom stereocenters. The Kier molecular flexibility index (Phi) is 6.57. The molecule has 0 radical (unpaired) electrons. The minimum Gasteiger partial charge on any atom is -0.340 e. The third-order valence-corrected chi connectivity index (χ3v) is 6.27. The van der Waals surface area contributed by atoms with Gasteiger partial charge in [0.25, 0.3) is 0 Å². The van der Waals surface area contributed by atoms with Crippen molar-refractivity contribution in [3.63, 3.8) is 0 Å². The molecule has 1 aromatic carbocycles. The summed E-state index contributed by atoms with van der Waals surface area (Å²) in [6.07, 6.45) is 1.09. The molecule has 0 aliphatic carbocycles. The lowest BCUT2D eigenvalue weighted by Gasteiger charge is -2.35. The van der Waals surface area contributed by atoms with Crippen LogP contribution in [0.5, 0.6) is 0 Å². The number of nitrogens with one attached hydrogen (secondary N) is 1. The van der Waals surface area contributed by atoms with E-state index in [0.29, 0.717) is 32.1 Å². The van der Waals surface area contributed by atoms with Crippen LogP contribution in [0.15, 0.2) is 30.3 Å². The predicted octanol–water partition coefficient (Wildman–Crippen LogP) is 1.38. The van der Waals surface area contributed by atoms with Gasteiger partial charge in [0, 0.05) is 50.7 Å². The number of amides is 1. The third-order valence-electron chi connectivity index (χ3n) is 5.01. The van der Waals surface area contributed by atoms with Crippen LogP contribution in [0.25, 0.3) is 0 Å². The highest BCUT2D eigenvalue weighted by molar-refractivity contribution is 7.88. The SMILES string of the molecule is Cc1ccc(Nc2cc(C)nc(N3CCN(C(=O)CN(C)S(C)(=O)=O)CC3)n2)cc1. The van der Waals surface area contributed by atoms with Crippen LogP contribution < -0.4 is 10.2 Å². The standard InChI is InChI=1S/C20H28N6O3S/c1-15-5-7-17(8-6-15)22-18-13-16(2)21-20(23-18)26-11-9-25(10-12-26)19(27)14-24(3)30(4,28)29/h5-8,13H,9-12,14H2,1-4H3,(H,21,22,23). The molecule has 9 nitrogen and oxygen atoms in total. The first-order valence-corrected chi connectivity index (χ1v) is 11.6. The molecule has 1 amide bonds. The van der Waals surface area contributed by atoms with Gasteiger partial charge in [0.05, 0.1) is 12.8 Å². The molecule has 1 aromatic heterocycles. The van der Waals surface area contributed by atoms with Crippen molar-refractivity contribution in [3.05, 3.63) is 41.6 Å². The van der Waals surface area contributed by atoms with E-state index < -0.39 is 10.0 Å². The Labute approximate surface area is 177 Å². The molecule has 1 aliphatic heterocycles. The maximum Gasteiger partial charge on any atom is 0.238 e. The van der Waals surface area contributed by atoms with Gasteiger partial charge in [0.2, 0.25) is 21.9 Å². The van der Waals surface area contributed by atoms with Crippen molar-refractivity contribution in [2.45, 2.75) is 13.8 Å². The lowest BCUT2D eigenvalue weighted by molar-refractivity contribution is -0.131. The number of likely N-dealkylation sites (N-methyl/N-ethyl adjacent to an activating group) is 1. The molecule has 0 atom stereocenters. The molecule has 1 N–H and O–H groups in total. The summed E-state index contributed by atoms with van der Waals surface area (Å²) in [5, 5.41) is 3.31. The van der Waals surface area contributed by atoms with Gasteiger partial charge in [0.15, 0.2) is 0 Å². The smallest absolute Gasteiger partial charge is 0.238 e. The molecule has 2 heterocycles. The van der Waals surface area contributed by atoms with Crippen LogP contribution in [0.3, 0.4) is 0 Å². The molecule has 1 saturated heterocycles.